The van der Waals surface area contributed by atoms with Crippen LogP contribution in [0.1, 0.15) is 49.2 Å². The van der Waals surface area contributed by atoms with Gasteiger partial charge >= 0.3 is 11.9 Å². The standard InChI is InChI=1S/C28H26FNO5S3/c1-6-34-25(32)21-22(26(33)35-7-2)38-27(37-21)19-18-13-8-10-15(3)20(18)30(28(4,5)23(19)36)24(31)16-11-9-12-17(29)14-16/h8-14H,6-7H2,1-5H3. The highest BCUT2D eigenvalue weighted by atomic mass is 32.2. The fraction of sp³-hybridized carbons (Fsp3) is 0.286. The Balaban J connectivity index is 1.90. The second-order valence-electron chi connectivity index (χ2n) is 8.98. The minimum atomic E-state index is -1.00. The second kappa shape index (κ2) is 11.0. The van der Waals surface area contributed by atoms with Crippen molar-refractivity contribution in [2.45, 2.75) is 40.2 Å². The lowest BCUT2D eigenvalue weighted by atomic mass is 9.81. The molecule has 0 saturated heterocycles. The van der Waals surface area contributed by atoms with Crippen molar-refractivity contribution in [2.24, 2.45) is 0 Å². The maximum absolute atomic E-state index is 14.0. The van der Waals surface area contributed by atoms with Crippen LogP contribution in [0.2, 0.25) is 0 Å². The lowest BCUT2D eigenvalue weighted by molar-refractivity contribution is -0.140. The Morgan fingerprint density at radius 3 is 2.11 bits per heavy atom. The molecule has 4 rings (SSSR count). The molecule has 2 aliphatic rings. The van der Waals surface area contributed by atoms with Gasteiger partial charge in [-0.1, -0.05) is 60.0 Å². The van der Waals surface area contributed by atoms with Gasteiger partial charge in [0.1, 0.15) is 15.6 Å². The Hall–Kier alpha value is -2.95. The van der Waals surface area contributed by atoms with Crippen LogP contribution < -0.4 is 4.90 Å². The summed E-state index contributed by atoms with van der Waals surface area (Å²) in [6, 6.07) is 11.2. The molecular weight excluding hydrogens is 546 g/mol. The number of carbonyl (C=O) groups is 3. The number of carbonyl (C=O) groups excluding carboxylic acids is 3. The highest BCUT2D eigenvalue weighted by Gasteiger charge is 2.47. The molecule has 2 aromatic rings. The number of aryl methyl sites for hydroxylation is 1. The summed E-state index contributed by atoms with van der Waals surface area (Å²) in [6.45, 7) is 9.24. The van der Waals surface area contributed by atoms with E-state index in [1.807, 2.05) is 39.0 Å². The molecule has 198 valence electrons. The summed E-state index contributed by atoms with van der Waals surface area (Å²) in [4.78, 5) is 41.7. The first-order chi connectivity index (χ1) is 18.0. The van der Waals surface area contributed by atoms with Gasteiger partial charge in [0.15, 0.2) is 0 Å². The van der Waals surface area contributed by atoms with Crippen molar-refractivity contribution in [3.05, 3.63) is 79.0 Å². The molecule has 0 bridgehead atoms. The minimum absolute atomic E-state index is 0.144. The van der Waals surface area contributed by atoms with E-state index in [9.17, 15) is 18.8 Å². The van der Waals surface area contributed by atoms with Crippen LogP contribution in [0.3, 0.4) is 0 Å². The van der Waals surface area contributed by atoms with Crippen LogP contribution in [0.25, 0.3) is 5.57 Å². The molecule has 2 aliphatic heterocycles. The quantitative estimate of drug-likeness (QED) is 0.231. The molecule has 2 aromatic carbocycles. The van der Waals surface area contributed by atoms with E-state index in [1.54, 1.807) is 24.8 Å². The fourth-order valence-electron chi connectivity index (χ4n) is 4.34. The summed E-state index contributed by atoms with van der Waals surface area (Å²) in [7, 11) is 0. The number of halogens is 1. The first-order valence-corrected chi connectivity index (χ1v) is 14.0. The van der Waals surface area contributed by atoms with E-state index in [-0.39, 0.29) is 34.5 Å². The maximum atomic E-state index is 14.0. The number of nitrogens with zero attached hydrogens (tertiary/aromatic N) is 1. The molecule has 2 heterocycles. The summed E-state index contributed by atoms with van der Waals surface area (Å²) >= 11 is 8.23. The number of hydrogen-bond acceptors (Lipinski definition) is 8. The molecule has 0 fully saturated rings. The Kier molecular flexibility index (Phi) is 8.15. The number of rotatable bonds is 5. The summed E-state index contributed by atoms with van der Waals surface area (Å²) < 4.78 is 25.1. The van der Waals surface area contributed by atoms with E-state index >= 15 is 0 Å². The third-order valence-corrected chi connectivity index (χ3v) is 9.33. The average Bonchev–Trinajstić information content (AvgIpc) is 3.31. The molecule has 1 amide bonds. The Bertz CT molecular complexity index is 1400. The van der Waals surface area contributed by atoms with Gasteiger partial charge in [-0.15, -0.1) is 0 Å². The molecule has 38 heavy (non-hydrogen) atoms. The SMILES string of the molecule is CCOC(=O)C1=C(C(=O)OCC)SC(=C2C(=S)C(C)(C)N(C(=O)c3cccc(F)c3)c3c(C)cccc32)S1. The van der Waals surface area contributed by atoms with E-state index in [0.717, 1.165) is 29.1 Å². The molecule has 0 unspecified atom stereocenters. The Morgan fingerprint density at radius 2 is 1.55 bits per heavy atom. The maximum Gasteiger partial charge on any atom is 0.346 e. The van der Waals surface area contributed by atoms with Crippen molar-refractivity contribution in [3.63, 3.8) is 0 Å². The van der Waals surface area contributed by atoms with Crippen molar-refractivity contribution >= 4 is 69.7 Å². The number of thiocarbonyl (C=S) groups is 1. The van der Waals surface area contributed by atoms with Gasteiger partial charge in [-0.2, -0.15) is 0 Å². The van der Waals surface area contributed by atoms with Crippen LogP contribution in [0.4, 0.5) is 10.1 Å². The van der Waals surface area contributed by atoms with Crippen LogP contribution in [-0.2, 0) is 19.1 Å². The van der Waals surface area contributed by atoms with Crippen molar-refractivity contribution in [3.8, 4) is 0 Å². The van der Waals surface area contributed by atoms with Gasteiger partial charge in [0, 0.05) is 16.7 Å². The number of amides is 1. The molecule has 0 atom stereocenters. The zero-order chi connectivity index (χ0) is 27.8. The zero-order valence-corrected chi connectivity index (χ0v) is 24.0. The number of esters is 2. The van der Waals surface area contributed by atoms with E-state index < -0.39 is 23.3 Å². The minimum Gasteiger partial charge on any atom is -0.462 e. The molecule has 0 N–H and O–H groups in total. The van der Waals surface area contributed by atoms with E-state index in [1.165, 1.54) is 18.2 Å². The molecule has 6 nitrogen and oxygen atoms in total. The molecule has 0 saturated carbocycles. The van der Waals surface area contributed by atoms with Crippen molar-refractivity contribution < 1.29 is 28.2 Å². The van der Waals surface area contributed by atoms with Crippen molar-refractivity contribution in [1.29, 1.82) is 0 Å². The fourth-order valence-corrected chi connectivity index (χ4v) is 7.32. The van der Waals surface area contributed by atoms with Gasteiger partial charge in [-0.3, -0.25) is 9.69 Å². The summed E-state index contributed by atoms with van der Waals surface area (Å²) in [5.41, 5.74) is 1.99. The van der Waals surface area contributed by atoms with Gasteiger partial charge in [0.05, 0.1) is 33.5 Å². The predicted octanol–water partition coefficient (Wildman–Crippen LogP) is 6.43. The number of para-hydroxylation sites is 1. The van der Waals surface area contributed by atoms with E-state index in [2.05, 4.69) is 0 Å². The van der Waals surface area contributed by atoms with Crippen LogP contribution in [0.5, 0.6) is 0 Å². The molecular formula is C28H26FNO5S3. The Labute approximate surface area is 234 Å². The number of fused-ring (bicyclic) bond motifs is 1. The largest absolute Gasteiger partial charge is 0.462 e. The van der Waals surface area contributed by atoms with Gasteiger partial charge < -0.3 is 9.47 Å². The third-order valence-electron chi connectivity index (χ3n) is 6.07. The molecule has 10 heteroatoms. The topological polar surface area (TPSA) is 72.9 Å². The smallest absolute Gasteiger partial charge is 0.346 e. The van der Waals surface area contributed by atoms with E-state index in [0.29, 0.717) is 25.9 Å². The van der Waals surface area contributed by atoms with Gasteiger partial charge in [0.25, 0.3) is 5.91 Å². The first kappa shape index (κ1) is 28.1. The number of hydrogen-bond donors (Lipinski definition) is 0. The number of ether oxygens (including phenoxy) is 2. The third kappa shape index (κ3) is 4.92. The van der Waals surface area contributed by atoms with Crippen LogP contribution >= 0.6 is 35.7 Å². The number of thioether (sulfide) groups is 2. The van der Waals surface area contributed by atoms with Gasteiger partial charge in [0.2, 0.25) is 0 Å². The molecule has 0 aromatic heterocycles. The molecule has 0 spiro atoms. The highest BCUT2D eigenvalue weighted by Crippen LogP contribution is 2.56. The first-order valence-electron chi connectivity index (χ1n) is 12.0. The molecule has 0 aliphatic carbocycles. The summed E-state index contributed by atoms with van der Waals surface area (Å²) in [5.74, 6) is -2.13. The van der Waals surface area contributed by atoms with Crippen molar-refractivity contribution in [1.82, 2.24) is 0 Å². The second-order valence-corrected chi connectivity index (χ2v) is 11.7. The van der Waals surface area contributed by atoms with Crippen LogP contribution in [0.15, 0.2) is 56.5 Å². The normalized spacial score (nSPS) is 16.5. The zero-order valence-electron chi connectivity index (χ0n) is 21.5. The van der Waals surface area contributed by atoms with Gasteiger partial charge in [-0.05, 0) is 58.4 Å². The average molecular weight is 572 g/mol. The lowest BCUT2D eigenvalue weighted by Crippen LogP contribution is -2.56. The van der Waals surface area contributed by atoms with Crippen LogP contribution in [0, 0.1) is 12.7 Å². The number of anilines is 1. The molecule has 0 radical (unpaired) electrons. The Morgan fingerprint density at radius 1 is 0.974 bits per heavy atom. The van der Waals surface area contributed by atoms with Crippen LogP contribution in [-0.4, -0.2) is 41.5 Å². The summed E-state index contributed by atoms with van der Waals surface area (Å²) in [6.07, 6.45) is 0. The number of benzene rings is 2. The van der Waals surface area contributed by atoms with Crippen molar-refractivity contribution in [2.75, 3.05) is 18.1 Å². The highest BCUT2D eigenvalue weighted by molar-refractivity contribution is 8.29. The predicted molar refractivity (Wildman–Crippen MR) is 153 cm³/mol. The van der Waals surface area contributed by atoms with Gasteiger partial charge in [-0.25, -0.2) is 14.0 Å². The summed E-state index contributed by atoms with van der Waals surface area (Å²) in [5, 5.41) is 0. The monoisotopic (exact) mass is 571 g/mol. The van der Waals surface area contributed by atoms with E-state index in [4.69, 9.17) is 21.7 Å². The lowest BCUT2D eigenvalue weighted by Gasteiger charge is -2.46.